The number of thiophene rings is 1. The summed E-state index contributed by atoms with van der Waals surface area (Å²) in [4.78, 5) is 23.4. The van der Waals surface area contributed by atoms with Crippen LogP contribution in [0.4, 0.5) is 16.4 Å². The lowest BCUT2D eigenvalue weighted by Crippen LogP contribution is -2.29. The molecule has 1 aromatic carbocycles. The average Bonchev–Trinajstić information content (AvgIpc) is 3.32. The number of amides is 1. The lowest BCUT2D eigenvalue weighted by Gasteiger charge is -2.18. The molecule has 9 nitrogen and oxygen atoms in total. The first-order valence-corrected chi connectivity index (χ1v) is 10.8. The molecule has 0 saturated heterocycles. The molecule has 0 atom stereocenters. The quantitative estimate of drug-likeness (QED) is 0.376. The fourth-order valence-corrected chi connectivity index (χ4v) is 4.34. The van der Waals surface area contributed by atoms with E-state index in [4.69, 9.17) is 20.6 Å². The minimum atomic E-state index is -0.936. The minimum Gasteiger partial charge on any atom is -0.454 e. The van der Waals surface area contributed by atoms with Crippen LogP contribution in [0.3, 0.4) is 0 Å². The van der Waals surface area contributed by atoms with Crippen LogP contribution in [0.25, 0.3) is 32.6 Å². The first-order valence-electron chi connectivity index (χ1n) is 10.0. The highest BCUT2D eigenvalue weighted by Crippen LogP contribution is 2.44. The number of primary amides is 1. The van der Waals surface area contributed by atoms with Crippen LogP contribution in [0, 0.1) is 0 Å². The lowest BCUT2D eigenvalue weighted by molar-refractivity contribution is 0.212. The Morgan fingerprint density at radius 2 is 2.03 bits per heavy atom. The summed E-state index contributed by atoms with van der Waals surface area (Å²) in [6.07, 6.45) is -0.936. The third-order valence-electron chi connectivity index (χ3n) is 5.01. The second kappa shape index (κ2) is 8.78. The molecule has 10 heteroatoms. The molecule has 0 aliphatic rings. The van der Waals surface area contributed by atoms with Gasteiger partial charge in [0.1, 0.15) is 16.1 Å². The predicted molar refractivity (Wildman–Crippen MR) is 124 cm³/mol. The first kappa shape index (κ1) is 20.9. The molecule has 1 amide bonds. The Labute approximate surface area is 183 Å². The number of hydrogen-bond acceptors (Lipinski definition) is 9. The monoisotopic (exact) mass is 440 g/mol. The second-order valence-electron chi connectivity index (χ2n) is 6.90. The lowest BCUT2D eigenvalue weighted by atomic mass is 10.2. The van der Waals surface area contributed by atoms with Gasteiger partial charge in [-0.2, -0.15) is 0 Å². The molecule has 4 rings (SSSR count). The molecular formula is C21H24N6O3S. The van der Waals surface area contributed by atoms with Crippen molar-refractivity contribution in [3.05, 3.63) is 30.3 Å². The van der Waals surface area contributed by atoms with Crippen LogP contribution < -0.4 is 21.5 Å². The maximum Gasteiger partial charge on any atom is 0.410 e. The maximum absolute atomic E-state index is 11.3. The summed E-state index contributed by atoms with van der Waals surface area (Å²) in [5.41, 5.74) is 13.0. The Bertz CT molecular complexity index is 1200. The molecule has 162 valence electrons. The van der Waals surface area contributed by atoms with Gasteiger partial charge in [0.05, 0.1) is 11.1 Å². The standard InChI is InChI=1S/C21H24N6O3S/c1-3-27(4-2)10-9-24-21-25-17(14-11-12-7-5-6-8-13(12)29-14)15-16(22)19(30-20(23)28)31-18(15)26-21/h5-8,11H,3-4,9-10,22H2,1-2H3,(H2,23,28)(H,24,25,26). The highest BCUT2D eigenvalue weighted by molar-refractivity contribution is 7.21. The Kier molecular flexibility index (Phi) is 5.92. The van der Waals surface area contributed by atoms with Crippen molar-refractivity contribution >= 4 is 50.3 Å². The average molecular weight is 441 g/mol. The summed E-state index contributed by atoms with van der Waals surface area (Å²) in [5.74, 6) is 0.998. The molecule has 0 radical (unpaired) electrons. The Balaban J connectivity index is 1.78. The zero-order valence-corrected chi connectivity index (χ0v) is 18.2. The summed E-state index contributed by atoms with van der Waals surface area (Å²) in [5, 5.41) is 4.98. The van der Waals surface area contributed by atoms with Crippen molar-refractivity contribution in [3.8, 4) is 16.5 Å². The van der Waals surface area contributed by atoms with E-state index in [2.05, 4.69) is 34.0 Å². The number of nitrogens with one attached hydrogen (secondary N) is 1. The van der Waals surface area contributed by atoms with Crippen molar-refractivity contribution < 1.29 is 13.9 Å². The zero-order valence-electron chi connectivity index (χ0n) is 17.3. The van der Waals surface area contributed by atoms with E-state index in [0.29, 0.717) is 34.2 Å². The molecule has 0 spiro atoms. The summed E-state index contributed by atoms with van der Waals surface area (Å²) < 4.78 is 11.1. The molecule has 5 N–H and O–H groups in total. The molecule has 0 unspecified atom stereocenters. The smallest absolute Gasteiger partial charge is 0.410 e. The highest BCUT2D eigenvalue weighted by atomic mass is 32.1. The van der Waals surface area contributed by atoms with Crippen molar-refractivity contribution in [2.45, 2.75) is 13.8 Å². The van der Waals surface area contributed by atoms with Crippen LogP contribution in [0.1, 0.15) is 13.8 Å². The number of nitrogen functional groups attached to an aromatic ring is 1. The van der Waals surface area contributed by atoms with Crippen molar-refractivity contribution in [2.24, 2.45) is 5.73 Å². The minimum absolute atomic E-state index is 0.189. The number of rotatable bonds is 8. The molecule has 3 heterocycles. The van der Waals surface area contributed by atoms with Gasteiger partial charge in [0, 0.05) is 18.5 Å². The van der Waals surface area contributed by atoms with Gasteiger partial charge < -0.3 is 30.8 Å². The number of nitrogens with two attached hydrogens (primary N) is 2. The topological polar surface area (TPSA) is 133 Å². The van der Waals surface area contributed by atoms with Gasteiger partial charge in [0.2, 0.25) is 11.0 Å². The van der Waals surface area contributed by atoms with Gasteiger partial charge in [0.15, 0.2) is 5.76 Å². The van der Waals surface area contributed by atoms with E-state index in [9.17, 15) is 4.79 Å². The summed E-state index contributed by atoms with van der Waals surface area (Å²) in [6.45, 7) is 7.73. The summed E-state index contributed by atoms with van der Waals surface area (Å²) >= 11 is 1.14. The van der Waals surface area contributed by atoms with E-state index in [1.807, 2.05) is 30.3 Å². The van der Waals surface area contributed by atoms with Crippen LogP contribution in [-0.2, 0) is 0 Å². The first-order chi connectivity index (χ1) is 15.0. The number of ether oxygens (including phenoxy) is 1. The Morgan fingerprint density at radius 1 is 1.26 bits per heavy atom. The van der Waals surface area contributed by atoms with Gasteiger partial charge in [-0.05, 0) is 25.2 Å². The van der Waals surface area contributed by atoms with Gasteiger partial charge in [-0.1, -0.05) is 43.4 Å². The fourth-order valence-electron chi connectivity index (χ4n) is 3.39. The Morgan fingerprint density at radius 3 is 2.74 bits per heavy atom. The van der Waals surface area contributed by atoms with E-state index >= 15 is 0 Å². The van der Waals surface area contributed by atoms with Gasteiger partial charge >= 0.3 is 6.09 Å². The van der Waals surface area contributed by atoms with Crippen LogP contribution in [0.2, 0.25) is 0 Å². The third kappa shape index (κ3) is 4.25. The van der Waals surface area contributed by atoms with Crippen LogP contribution in [0.5, 0.6) is 5.06 Å². The normalized spacial score (nSPS) is 11.5. The Hall–Kier alpha value is -3.37. The van der Waals surface area contributed by atoms with Crippen LogP contribution >= 0.6 is 11.3 Å². The third-order valence-corrected chi connectivity index (χ3v) is 5.99. The number of aromatic nitrogens is 2. The highest BCUT2D eigenvalue weighted by Gasteiger charge is 2.22. The zero-order chi connectivity index (χ0) is 22.0. The van der Waals surface area contributed by atoms with Crippen molar-refractivity contribution in [3.63, 3.8) is 0 Å². The molecule has 4 aromatic rings. The van der Waals surface area contributed by atoms with Gasteiger partial charge in [-0.3, -0.25) is 0 Å². The maximum atomic E-state index is 11.3. The fraction of sp³-hybridized carbons (Fsp3) is 0.286. The molecule has 3 aromatic heterocycles. The number of likely N-dealkylation sites (N-methyl/N-ethyl adjacent to an activating group) is 1. The number of hydrogen-bond donors (Lipinski definition) is 3. The van der Waals surface area contributed by atoms with E-state index in [1.54, 1.807) is 0 Å². The SMILES string of the molecule is CCN(CC)CCNc1nc(-c2cc3ccccc3o2)c2c(N)c(OC(N)=O)sc2n1. The molecular weight excluding hydrogens is 416 g/mol. The van der Waals surface area contributed by atoms with Crippen LogP contribution in [-0.4, -0.2) is 47.1 Å². The van der Waals surface area contributed by atoms with Crippen molar-refractivity contribution in [1.29, 1.82) is 0 Å². The summed E-state index contributed by atoms with van der Waals surface area (Å²) in [7, 11) is 0. The van der Waals surface area contributed by atoms with Gasteiger partial charge in [0.25, 0.3) is 0 Å². The number of fused-ring (bicyclic) bond motifs is 2. The number of carbonyl (C=O) groups excluding carboxylic acids is 1. The van der Waals surface area contributed by atoms with Gasteiger partial charge in [-0.25, -0.2) is 14.8 Å². The van der Waals surface area contributed by atoms with E-state index in [1.165, 1.54) is 0 Å². The molecule has 31 heavy (non-hydrogen) atoms. The molecule has 0 aliphatic heterocycles. The van der Waals surface area contributed by atoms with E-state index in [-0.39, 0.29) is 10.8 Å². The van der Waals surface area contributed by atoms with Gasteiger partial charge in [-0.15, -0.1) is 0 Å². The number of para-hydroxylation sites is 1. The van der Waals surface area contributed by atoms with Crippen molar-refractivity contribution in [1.82, 2.24) is 14.9 Å². The molecule has 0 fully saturated rings. The van der Waals surface area contributed by atoms with Crippen LogP contribution in [0.15, 0.2) is 34.7 Å². The number of nitrogens with zero attached hydrogens (tertiary/aromatic N) is 3. The van der Waals surface area contributed by atoms with Crippen molar-refractivity contribution in [2.75, 3.05) is 37.2 Å². The largest absolute Gasteiger partial charge is 0.454 e. The van der Waals surface area contributed by atoms with E-state index in [0.717, 1.165) is 41.9 Å². The number of carbonyl (C=O) groups is 1. The summed E-state index contributed by atoms with van der Waals surface area (Å²) in [6, 6.07) is 9.60. The predicted octanol–water partition coefficient (Wildman–Crippen LogP) is 3.90. The number of anilines is 2. The number of furan rings is 1. The van der Waals surface area contributed by atoms with E-state index < -0.39 is 6.09 Å². The molecule has 0 saturated carbocycles. The molecule has 0 bridgehead atoms. The second-order valence-corrected chi connectivity index (χ2v) is 7.86. The molecule has 0 aliphatic carbocycles. The number of benzene rings is 1.